The molecule has 0 unspecified atom stereocenters. The van der Waals surface area contributed by atoms with E-state index < -0.39 is 31.1 Å². The van der Waals surface area contributed by atoms with Crippen LogP contribution < -0.4 is 5.32 Å². The van der Waals surface area contributed by atoms with Crippen LogP contribution in [0, 0.1) is 6.92 Å². The number of rotatable bonds is 6. The number of benzene rings is 2. The van der Waals surface area contributed by atoms with Crippen molar-refractivity contribution >= 4 is 22.6 Å². The molecule has 3 aromatic rings. The number of alkyl halides is 7. The van der Waals surface area contributed by atoms with Crippen LogP contribution in [0.1, 0.15) is 11.3 Å². The molecule has 0 aliphatic rings. The van der Waals surface area contributed by atoms with Crippen LogP contribution in [0.15, 0.2) is 46.9 Å². The van der Waals surface area contributed by atoms with E-state index in [0.29, 0.717) is 27.1 Å². The van der Waals surface area contributed by atoms with Gasteiger partial charge in [-0.05, 0) is 36.8 Å². The zero-order chi connectivity index (χ0) is 22.3. The van der Waals surface area contributed by atoms with E-state index in [1.165, 1.54) is 0 Å². The van der Waals surface area contributed by atoms with E-state index in [0.717, 1.165) is 5.56 Å². The third-order valence-corrected chi connectivity index (χ3v) is 4.75. The van der Waals surface area contributed by atoms with Crippen LogP contribution in [0.2, 0.25) is 5.02 Å². The molecule has 2 nitrogen and oxygen atoms in total. The number of hydrogen-bond donors (Lipinski definition) is 1. The smallest absolute Gasteiger partial charge is 0.459 e. The van der Waals surface area contributed by atoms with Crippen molar-refractivity contribution in [3.05, 3.63) is 58.8 Å². The van der Waals surface area contributed by atoms with Crippen molar-refractivity contribution in [2.24, 2.45) is 0 Å². The lowest BCUT2D eigenvalue weighted by atomic mass is 10.0. The summed E-state index contributed by atoms with van der Waals surface area (Å²) in [5.41, 5.74) is 2.42. The van der Waals surface area contributed by atoms with Crippen molar-refractivity contribution < 1.29 is 35.2 Å². The van der Waals surface area contributed by atoms with Crippen molar-refractivity contribution in [1.82, 2.24) is 5.32 Å². The Hall–Kier alpha value is -2.26. The Morgan fingerprint density at radius 3 is 2.17 bits per heavy atom. The molecule has 2 aromatic carbocycles. The normalized spacial score (nSPS) is 13.2. The Morgan fingerprint density at radius 2 is 1.57 bits per heavy atom. The van der Waals surface area contributed by atoms with E-state index in [4.69, 9.17) is 16.0 Å². The van der Waals surface area contributed by atoms with Crippen LogP contribution >= 0.6 is 11.6 Å². The molecule has 0 radical (unpaired) electrons. The highest BCUT2D eigenvalue weighted by atomic mass is 35.5. The summed E-state index contributed by atoms with van der Waals surface area (Å²) in [5, 5.41) is 3.06. The molecule has 1 heterocycles. The standard InChI is InChI=1S/C20H15ClF7NO/c1-11-2-7-15-14(8-11)17(12-3-5-13(21)6-4-12)16(30-15)9-29-10-18(22,23)19(24,25)20(26,27)28/h2-8,29H,9-10H2,1H3. The maximum atomic E-state index is 13.5. The first kappa shape index (κ1) is 22.4. The topological polar surface area (TPSA) is 25.2 Å². The molecule has 10 heteroatoms. The van der Waals surface area contributed by atoms with Crippen LogP contribution in [-0.4, -0.2) is 24.6 Å². The van der Waals surface area contributed by atoms with Gasteiger partial charge in [-0.2, -0.15) is 30.7 Å². The maximum absolute atomic E-state index is 13.5. The Morgan fingerprint density at radius 1 is 0.933 bits per heavy atom. The quantitative estimate of drug-likeness (QED) is 0.407. The summed E-state index contributed by atoms with van der Waals surface area (Å²) in [6.45, 7) is -0.555. The largest absolute Gasteiger partial charge is 0.459 e. The van der Waals surface area contributed by atoms with Crippen molar-refractivity contribution in [1.29, 1.82) is 0 Å². The van der Waals surface area contributed by atoms with Gasteiger partial charge < -0.3 is 9.73 Å². The fraction of sp³-hybridized carbons (Fsp3) is 0.300. The number of halogens is 8. The van der Waals surface area contributed by atoms with Gasteiger partial charge in [-0.1, -0.05) is 35.4 Å². The van der Waals surface area contributed by atoms with Crippen molar-refractivity contribution in [2.45, 2.75) is 31.5 Å². The minimum atomic E-state index is -6.37. The number of fused-ring (bicyclic) bond motifs is 1. The van der Waals surface area contributed by atoms with Gasteiger partial charge in [0.05, 0.1) is 13.1 Å². The number of nitrogens with one attached hydrogen (secondary N) is 1. The Bertz CT molecular complexity index is 1040. The van der Waals surface area contributed by atoms with E-state index in [1.807, 2.05) is 12.2 Å². The van der Waals surface area contributed by atoms with Gasteiger partial charge in [-0.3, -0.25) is 0 Å². The lowest BCUT2D eigenvalue weighted by Crippen LogP contribution is -2.56. The Kier molecular flexibility index (Phi) is 5.81. The molecule has 0 fully saturated rings. The molecule has 1 aromatic heterocycles. The second-order valence-electron chi connectivity index (χ2n) is 6.79. The summed E-state index contributed by atoms with van der Waals surface area (Å²) in [5.74, 6) is -11.4. The third kappa shape index (κ3) is 4.13. The lowest BCUT2D eigenvalue weighted by molar-refractivity contribution is -0.352. The summed E-state index contributed by atoms with van der Waals surface area (Å²) < 4.78 is 95.8. The summed E-state index contributed by atoms with van der Waals surface area (Å²) in [6, 6.07) is 11.7. The molecule has 0 atom stereocenters. The van der Waals surface area contributed by atoms with Crippen LogP contribution in [0.4, 0.5) is 30.7 Å². The average molecular weight is 454 g/mol. The van der Waals surface area contributed by atoms with E-state index in [2.05, 4.69) is 0 Å². The van der Waals surface area contributed by atoms with Crippen molar-refractivity contribution in [2.75, 3.05) is 6.54 Å². The first-order chi connectivity index (χ1) is 13.8. The molecule has 0 aliphatic carbocycles. The second kappa shape index (κ2) is 7.77. The first-order valence-electron chi connectivity index (χ1n) is 8.64. The third-order valence-electron chi connectivity index (χ3n) is 4.50. The van der Waals surface area contributed by atoms with Crippen LogP contribution in [0.3, 0.4) is 0 Å². The average Bonchev–Trinajstić information content (AvgIpc) is 2.98. The maximum Gasteiger partial charge on any atom is 0.459 e. The van der Waals surface area contributed by atoms with Crippen molar-refractivity contribution in [3.8, 4) is 11.1 Å². The highest BCUT2D eigenvalue weighted by Crippen LogP contribution is 2.46. The van der Waals surface area contributed by atoms with Gasteiger partial charge in [0.15, 0.2) is 0 Å². The van der Waals surface area contributed by atoms with Gasteiger partial charge >= 0.3 is 18.0 Å². The van der Waals surface area contributed by atoms with Crippen LogP contribution in [0.5, 0.6) is 0 Å². The van der Waals surface area contributed by atoms with E-state index in [-0.39, 0.29) is 5.76 Å². The van der Waals surface area contributed by atoms with Gasteiger partial charge in [-0.15, -0.1) is 0 Å². The summed E-state index contributed by atoms with van der Waals surface area (Å²) in [6.07, 6.45) is -6.37. The molecular weight excluding hydrogens is 439 g/mol. The summed E-state index contributed by atoms with van der Waals surface area (Å²) >= 11 is 5.89. The second-order valence-corrected chi connectivity index (χ2v) is 7.22. The summed E-state index contributed by atoms with van der Waals surface area (Å²) in [7, 11) is 0. The fourth-order valence-corrected chi connectivity index (χ4v) is 3.10. The van der Waals surface area contributed by atoms with Gasteiger partial charge in [-0.25, -0.2) is 0 Å². The zero-order valence-corrected chi connectivity index (χ0v) is 16.1. The van der Waals surface area contributed by atoms with E-state index >= 15 is 0 Å². The number of aryl methyl sites for hydroxylation is 1. The Balaban J connectivity index is 1.91. The van der Waals surface area contributed by atoms with Gasteiger partial charge in [0.1, 0.15) is 11.3 Å². The molecule has 3 rings (SSSR count). The zero-order valence-electron chi connectivity index (χ0n) is 15.4. The highest BCUT2D eigenvalue weighted by Gasteiger charge is 2.72. The first-order valence-corrected chi connectivity index (χ1v) is 9.02. The SMILES string of the molecule is Cc1ccc2oc(CNCC(F)(F)C(F)(F)C(F)(F)F)c(-c3ccc(Cl)cc3)c2c1. The monoisotopic (exact) mass is 453 g/mol. The van der Waals surface area contributed by atoms with Crippen molar-refractivity contribution in [3.63, 3.8) is 0 Å². The minimum absolute atomic E-state index is 0.115. The molecule has 0 spiro atoms. The van der Waals surface area contributed by atoms with E-state index in [9.17, 15) is 30.7 Å². The van der Waals surface area contributed by atoms with Crippen LogP contribution in [0.25, 0.3) is 22.1 Å². The minimum Gasteiger partial charge on any atom is -0.459 e. The Labute approximate surface area is 171 Å². The predicted molar refractivity (Wildman–Crippen MR) is 99.1 cm³/mol. The molecule has 30 heavy (non-hydrogen) atoms. The predicted octanol–water partition coefficient (Wildman–Crippen LogP) is 6.98. The lowest BCUT2D eigenvalue weighted by Gasteiger charge is -2.28. The molecular formula is C20H15ClF7NO. The molecule has 0 bridgehead atoms. The molecule has 0 amide bonds. The summed E-state index contributed by atoms with van der Waals surface area (Å²) in [4.78, 5) is 0. The highest BCUT2D eigenvalue weighted by molar-refractivity contribution is 6.30. The molecule has 1 N–H and O–H groups in total. The van der Waals surface area contributed by atoms with Gasteiger partial charge in [0.2, 0.25) is 0 Å². The number of hydrogen-bond acceptors (Lipinski definition) is 2. The van der Waals surface area contributed by atoms with Gasteiger partial charge in [0, 0.05) is 16.0 Å². The van der Waals surface area contributed by atoms with Gasteiger partial charge in [0.25, 0.3) is 0 Å². The van der Waals surface area contributed by atoms with Crippen LogP contribution in [-0.2, 0) is 6.54 Å². The molecule has 0 saturated heterocycles. The fourth-order valence-electron chi connectivity index (χ4n) is 2.97. The molecule has 162 valence electrons. The van der Waals surface area contributed by atoms with E-state index in [1.54, 1.807) is 42.5 Å². The molecule has 0 aliphatic heterocycles. The number of furan rings is 1. The molecule has 0 saturated carbocycles.